The van der Waals surface area contributed by atoms with Crippen molar-refractivity contribution >= 4 is 34.8 Å². The van der Waals surface area contributed by atoms with E-state index in [4.69, 9.17) is 4.74 Å². The lowest BCUT2D eigenvalue weighted by atomic mass is 10.1. The van der Waals surface area contributed by atoms with Gasteiger partial charge in [-0.05, 0) is 36.4 Å². The number of methoxy groups -OCH3 is 1. The number of Topliss-reactive ketones (excluding diaryl/α,β-unsaturated/α-hetero) is 1. The number of nitrogens with one attached hydrogen (secondary N) is 2. The van der Waals surface area contributed by atoms with Crippen LogP contribution in [0, 0.1) is 5.82 Å². The number of ether oxygens (including phenoxy) is 2. The Morgan fingerprint density at radius 2 is 1.77 bits per heavy atom. The van der Waals surface area contributed by atoms with Crippen LogP contribution in [0.2, 0.25) is 0 Å². The number of pyridine rings is 1. The van der Waals surface area contributed by atoms with Crippen molar-refractivity contribution in [3.63, 3.8) is 0 Å². The van der Waals surface area contributed by atoms with E-state index < -0.39 is 35.2 Å². The van der Waals surface area contributed by atoms with Crippen molar-refractivity contribution in [3.8, 4) is 28.6 Å². The third-order valence-electron chi connectivity index (χ3n) is 6.53. The molecule has 0 aliphatic carbocycles. The first-order valence-electron chi connectivity index (χ1n) is 13.7. The summed E-state index contributed by atoms with van der Waals surface area (Å²) in [4.78, 5) is 49.7. The number of aromatic nitrogens is 6. The smallest absolute Gasteiger partial charge is 0.491 e. The monoisotopic (exact) mass is 652 g/mol. The first-order valence-corrected chi connectivity index (χ1v) is 13.7. The van der Waals surface area contributed by atoms with Gasteiger partial charge in [-0.3, -0.25) is 14.0 Å². The maximum absolute atomic E-state index is 13.4. The number of hydrogen-bond donors (Lipinski definition) is 2. The SMILES string of the molecule is CCC(=O)c1cnc(Nc2nc(=O)n(-c3ccc(F)cc3)cc2OC(=O)C(F)(F)F)cc1Nc1cccc(-c2ncn(C)n2)c1OC. The van der Waals surface area contributed by atoms with Crippen molar-refractivity contribution in [1.82, 2.24) is 29.3 Å². The van der Waals surface area contributed by atoms with E-state index in [1.165, 1.54) is 42.5 Å². The van der Waals surface area contributed by atoms with E-state index in [9.17, 15) is 31.9 Å². The molecule has 0 spiro atoms. The van der Waals surface area contributed by atoms with Crippen LogP contribution in [0.25, 0.3) is 17.1 Å². The molecule has 0 aliphatic rings. The van der Waals surface area contributed by atoms with E-state index in [-0.39, 0.29) is 35.0 Å². The highest BCUT2D eigenvalue weighted by atomic mass is 19.4. The zero-order valence-electron chi connectivity index (χ0n) is 24.8. The predicted octanol–water partition coefficient (Wildman–Crippen LogP) is 5.12. The van der Waals surface area contributed by atoms with Gasteiger partial charge in [-0.1, -0.05) is 13.0 Å². The number of aryl methyl sites for hydroxylation is 1. The van der Waals surface area contributed by atoms with Crippen LogP contribution >= 0.6 is 0 Å². The van der Waals surface area contributed by atoms with Crippen molar-refractivity contribution in [2.24, 2.45) is 7.05 Å². The number of carbonyl (C=O) groups is 2. The average Bonchev–Trinajstić information content (AvgIpc) is 3.47. The molecular weight excluding hydrogens is 628 g/mol. The van der Waals surface area contributed by atoms with Crippen LogP contribution in [-0.4, -0.2) is 54.3 Å². The molecular formula is C30H24F4N8O5. The van der Waals surface area contributed by atoms with E-state index in [1.807, 2.05) is 0 Å². The zero-order chi connectivity index (χ0) is 33.9. The molecule has 0 radical (unpaired) electrons. The topological polar surface area (TPSA) is 155 Å². The number of hydrogen-bond acceptors (Lipinski definition) is 11. The Bertz CT molecular complexity index is 2030. The summed E-state index contributed by atoms with van der Waals surface area (Å²) in [5, 5.41) is 10.0. The van der Waals surface area contributed by atoms with E-state index in [2.05, 4.69) is 35.4 Å². The number of halogens is 4. The summed E-state index contributed by atoms with van der Waals surface area (Å²) >= 11 is 0. The molecule has 5 aromatic rings. The number of benzene rings is 2. The molecule has 0 atom stereocenters. The summed E-state index contributed by atoms with van der Waals surface area (Å²) in [5.41, 5.74) is 0.322. The Morgan fingerprint density at radius 3 is 2.40 bits per heavy atom. The second-order valence-electron chi connectivity index (χ2n) is 9.74. The molecule has 0 aliphatic heterocycles. The number of ketones is 1. The molecule has 0 saturated heterocycles. The van der Waals surface area contributed by atoms with Gasteiger partial charge in [-0.2, -0.15) is 23.3 Å². The van der Waals surface area contributed by atoms with Gasteiger partial charge in [0.25, 0.3) is 0 Å². The summed E-state index contributed by atoms with van der Waals surface area (Å²) in [7, 11) is 3.14. The van der Waals surface area contributed by atoms with Gasteiger partial charge in [-0.15, -0.1) is 0 Å². The van der Waals surface area contributed by atoms with Crippen molar-refractivity contribution in [2.45, 2.75) is 19.5 Å². The Kier molecular flexibility index (Phi) is 8.98. The summed E-state index contributed by atoms with van der Waals surface area (Å²) in [5.74, 6) is -4.29. The molecule has 0 fully saturated rings. The van der Waals surface area contributed by atoms with Crippen LogP contribution in [0.5, 0.6) is 11.5 Å². The summed E-state index contributed by atoms with van der Waals surface area (Å²) in [6, 6.07) is 10.9. The first-order chi connectivity index (χ1) is 22.4. The van der Waals surface area contributed by atoms with Crippen LogP contribution < -0.4 is 25.8 Å². The van der Waals surface area contributed by atoms with Crippen LogP contribution in [0.3, 0.4) is 0 Å². The quantitative estimate of drug-likeness (QED) is 0.117. The molecule has 17 heteroatoms. The van der Waals surface area contributed by atoms with Crippen LogP contribution in [0.1, 0.15) is 23.7 Å². The van der Waals surface area contributed by atoms with Gasteiger partial charge in [-0.25, -0.2) is 23.9 Å². The van der Waals surface area contributed by atoms with Crippen molar-refractivity contribution in [2.75, 3.05) is 17.7 Å². The second kappa shape index (κ2) is 13.1. The fourth-order valence-corrected chi connectivity index (χ4v) is 4.35. The minimum absolute atomic E-state index is 0.0314. The van der Waals surface area contributed by atoms with Gasteiger partial charge in [0, 0.05) is 25.7 Å². The van der Waals surface area contributed by atoms with E-state index in [0.29, 0.717) is 22.8 Å². The van der Waals surface area contributed by atoms with E-state index >= 15 is 0 Å². The summed E-state index contributed by atoms with van der Waals surface area (Å²) < 4.78 is 65.4. The Morgan fingerprint density at radius 1 is 1.02 bits per heavy atom. The number of nitrogens with zero attached hydrogens (tertiary/aromatic N) is 6. The van der Waals surface area contributed by atoms with Crippen LogP contribution in [0.15, 0.2) is 72.0 Å². The molecule has 2 aromatic carbocycles. The molecule has 0 saturated carbocycles. The maximum Gasteiger partial charge on any atom is 0.491 e. The molecule has 5 rings (SSSR count). The summed E-state index contributed by atoms with van der Waals surface area (Å²) in [6.45, 7) is 1.65. The van der Waals surface area contributed by atoms with E-state index in [0.717, 1.165) is 22.9 Å². The molecule has 242 valence electrons. The van der Waals surface area contributed by atoms with Gasteiger partial charge >= 0.3 is 17.8 Å². The zero-order valence-corrected chi connectivity index (χ0v) is 24.8. The van der Waals surface area contributed by atoms with Crippen molar-refractivity contribution in [1.29, 1.82) is 0 Å². The Hall–Kier alpha value is -6.13. The average molecular weight is 653 g/mol. The fourth-order valence-electron chi connectivity index (χ4n) is 4.35. The lowest BCUT2D eigenvalue weighted by molar-refractivity contribution is -0.189. The predicted molar refractivity (Wildman–Crippen MR) is 160 cm³/mol. The highest BCUT2D eigenvalue weighted by Crippen LogP contribution is 2.38. The minimum Gasteiger partial charge on any atom is -0.494 e. The van der Waals surface area contributed by atoms with Gasteiger partial charge in [0.2, 0.25) is 0 Å². The number of rotatable bonds is 10. The molecule has 13 nitrogen and oxygen atoms in total. The molecule has 2 N–H and O–H groups in total. The molecule has 0 amide bonds. The lowest BCUT2D eigenvalue weighted by Crippen LogP contribution is -2.30. The number of anilines is 4. The number of alkyl halides is 3. The first kappa shape index (κ1) is 32.3. The van der Waals surface area contributed by atoms with Gasteiger partial charge in [0.1, 0.15) is 18.0 Å². The molecule has 47 heavy (non-hydrogen) atoms. The van der Waals surface area contributed by atoms with Gasteiger partial charge < -0.3 is 20.1 Å². The van der Waals surface area contributed by atoms with Gasteiger partial charge in [0.15, 0.2) is 28.9 Å². The largest absolute Gasteiger partial charge is 0.494 e. The van der Waals surface area contributed by atoms with E-state index in [1.54, 1.807) is 32.2 Å². The number of esters is 1. The molecule has 0 bridgehead atoms. The molecule has 3 aromatic heterocycles. The highest BCUT2D eigenvalue weighted by molar-refractivity contribution is 6.02. The standard InChI is InChI=1S/C30H24F4N8O5/c1-4-22(43)19-13-35-24(12-21(19)37-20-7-5-6-18(25(20)46-3)26-36-15-41(2)40-26)38-27-23(47-28(44)30(32,33)34)14-42(29(45)39-27)17-10-8-16(31)9-11-17/h5-15H,4H2,1-3H3,(H2,35,37,38,39,45). The van der Waals surface area contributed by atoms with Gasteiger partial charge in [0.05, 0.1) is 41.5 Å². The minimum atomic E-state index is -5.38. The Labute approximate surface area is 262 Å². The maximum atomic E-state index is 13.4. The lowest BCUT2D eigenvalue weighted by Gasteiger charge is -2.17. The normalized spacial score (nSPS) is 11.2. The molecule has 0 unspecified atom stereocenters. The van der Waals surface area contributed by atoms with Crippen molar-refractivity contribution in [3.05, 3.63) is 89.1 Å². The van der Waals surface area contributed by atoms with Crippen molar-refractivity contribution < 1.29 is 36.6 Å². The summed E-state index contributed by atoms with van der Waals surface area (Å²) in [6.07, 6.45) is -1.75. The third-order valence-corrected chi connectivity index (χ3v) is 6.53. The number of para-hydroxylation sites is 1. The third kappa shape index (κ3) is 7.08. The molecule has 3 heterocycles. The van der Waals surface area contributed by atoms with Crippen LogP contribution in [-0.2, 0) is 11.8 Å². The number of carbonyl (C=O) groups excluding carboxylic acids is 2. The highest BCUT2D eigenvalue weighted by Gasteiger charge is 2.42. The fraction of sp³-hybridized carbons (Fsp3) is 0.167. The second-order valence-corrected chi connectivity index (χ2v) is 9.74. The Balaban J connectivity index is 1.57. The van der Waals surface area contributed by atoms with Crippen LogP contribution in [0.4, 0.5) is 40.6 Å².